The van der Waals surface area contributed by atoms with Crippen molar-refractivity contribution in [2.45, 2.75) is 18.9 Å². The van der Waals surface area contributed by atoms with Crippen LogP contribution in [0, 0.1) is 0 Å². The van der Waals surface area contributed by atoms with E-state index in [1.54, 1.807) is 13.1 Å². The Balaban J connectivity index is 1.40. The number of anilines is 2. The molecule has 7 heteroatoms. The third-order valence-corrected chi connectivity index (χ3v) is 6.08. The molecular formula is C24H31N5O2. The Bertz CT molecular complexity index is 908. The van der Waals surface area contributed by atoms with Crippen LogP contribution in [0.2, 0.25) is 0 Å². The second kappa shape index (κ2) is 9.94. The summed E-state index contributed by atoms with van der Waals surface area (Å²) in [4.78, 5) is 29.3. The first-order valence-corrected chi connectivity index (χ1v) is 11.1. The summed E-state index contributed by atoms with van der Waals surface area (Å²) in [7, 11) is 1.63. The van der Waals surface area contributed by atoms with Gasteiger partial charge in [-0.25, -0.2) is 0 Å². The zero-order valence-corrected chi connectivity index (χ0v) is 18.1. The summed E-state index contributed by atoms with van der Waals surface area (Å²) in [6.07, 6.45) is 2.49. The zero-order chi connectivity index (χ0) is 21.6. The SMILES string of the molecule is CNC(=O)c1cccc([C@H]2CNCCN2CC(=O)Nc2ccc(N3CCCC3)cc2)c1. The fraction of sp³-hybridized carbons (Fsp3) is 0.417. The van der Waals surface area contributed by atoms with Crippen LogP contribution in [0.1, 0.15) is 34.8 Å². The largest absolute Gasteiger partial charge is 0.372 e. The molecule has 0 spiro atoms. The maximum absolute atomic E-state index is 12.8. The lowest BCUT2D eigenvalue weighted by atomic mass is 10.0. The molecule has 0 aliphatic carbocycles. The van der Waals surface area contributed by atoms with E-state index < -0.39 is 0 Å². The molecule has 3 N–H and O–H groups in total. The fourth-order valence-electron chi connectivity index (χ4n) is 4.41. The minimum Gasteiger partial charge on any atom is -0.372 e. The summed E-state index contributed by atoms with van der Waals surface area (Å²) in [5.41, 5.74) is 3.71. The quantitative estimate of drug-likeness (QED) is 0.667. The molecule has 164 valence electrons. The first-order valence-electron chi connectivity index (χ1n) is 11.1. The van der Waals surface area contributed by atoms with Crippen molar-refractivity contribution in [2.75, 3.05) is 56.5 Å². The summed E-state index contributed by atoms with van der Waals surface area (Å²) in [6.45, 7) is 4.88. The molecule has 4 rings (SSSR count). The van der Waals surface area contributed by atoms with Crippen molar-refractivity contribution >= 4 is 23.2 Å². The number of piperazine rings is 1. The Labute approximate surface area is 183 Å². The Morgan fingerprint density at radius 3 is 2.58 bits per heavy atom. The molecule has 0 saturated carbocycles. The Hall–Kier alpha value is -2.90. The average Bonchev–Trinajstić information content (AvgIpc) is 3.34. The summed E-state index contributed by atoms with van der Waals surface area (Å²) in [6, 6.07) is 15.8. The van der Waals surface area contributed by atoms with Gasteiger partial charge in [-0.3, -0.25) is 14.5 Å². The van der Waals surface area contributed by atoms with Gasteiger partial charge in [0.15, 0.2) is 0 Å². The average molecular weight is 422 g/mol. The van der Waals surface area contributed by atoms with Crippen LogP contribution in [0.3, 0.4) is 0 Å². The molecule has 7 nitrogen and oxygen atoms in total. The predicted octanol–water partition coefficient (Wildman–Crippen LogP) is 2.23. The van der Waals surface area contributed by atoms with Crippen molar-refractivity contribution in [1.29, 1.82) is 0 Å². The highest BCUT2D eigenvalue weighted by atomic mass is 16.2. The second-order valence-electron chi connectivity index (χ2n) is 8.18. The monoisotopic (exact) mass is 421 g/mol. The second-order valence-corrected chi connectivity index (χ2v) is 8.18. The summed E-state index contributed by atoms with van der Waals surface area (Å²) in [5.74, 6) is -0.129. The standard InChI is InChI=1S/C24H31N5O2/c1-25-24(31)19-6-4-5-18(15-19)22-16-26-11-14-29(22)17-23(30)27-20-7-9-21(10-8-20)28-12-2-3-13-28/h4-10,15,22,26H,2-3,11-14,16-17H2,1H3,(H,25,31)(H,27,30)/t22-/m1/s1. The van der Waals surface area contributed by atoms with Gasteiger partial charge in [-0.2, -0.15) is 0 Å². The first kappa shape index (κ1) is 21.3. The number of amides is 2. The number of carbonyl (C=O) groups excluding carboxylic acids is 2. The van der Waals surface area contributed by atoms with Crippen LogP contribution in [-0.4, -0.2) is 63.0 Å². The van der Waals surface area contributed by atoms with E-state index in [1.165, 1.54) is 18.5 Å². The Morgan fingerprint density at radius 2 is 1.84 bits per heavy atom. The van der Waals surface area contributed by atoms with E-state index in [2.05, 4.69) is 37.9 Å². The minimum atomic E-state index is -0.104. The summed E-state index contributed by atoms with van der Waals surface area (Å²) < 4.78 is 0. The molecule has 2 heterocycles. The molecule has 2 aromatic rings. The molecule has 2 fully saturated rings. The molecule has 2 aliphatic rings. The predicted molar refractivity (Wildman–Crippen MR) is 124 cm³/mol. The van der Waals surface area contributed by atoms with Crippen molar-refractivity contribution in [2.24, 2.45) is 0 Å². The van der Waals surface area contributed by atoms with E-state index in [9.17, 15) is 9.59 Å². The molecule has 2 aliphatic heterocycles. The molecule has 0 bridgehead atoms. The van der Waals surface area contributed by atoms with Gasteiger partial charge in [-0.15, -0.1) is 0 Å². The molecule has 0 radical (unpaired) electrons. The van der Waals surface area contributed by atoms with Crippen LogP contribution in [0.5, 0.6) is 0 Å². The number of hydrogen-bond acceptors (Lipinski definition) is 5. The number of nitrogens with zero attached hydrogens (tertiary/aromatic N) is 2. The van der Waals surface area contributed by atoms with Gasteiger partial charge in [-0.1, -0.05) is 12.1 Å². The number of hydrogen-bond donors (Lipinski definition) is 3. The van der Waals surface area contributed by atoms with Crippen molar-refractivity contribution in [3.05, 3.63) is 59.7 Å². The molecular weight excluding hydrogens is 390 g/mol. The van der Waals surface area contributed by atoms with Crippen LogP contribution in [0.4, 0.5) is 11.4 Å². The van der Waals surface area contributed by atoms with E-state index in [0.717, 1.165) is 44.0 Å². The van der Waals surface area contributed by atoms with E-state index in [-0.39, 0.29) is 17.9 Å². The molecule has 31 heavy (non-hydrogen) atoms. The van der Waals surface area contributed by atoms with Gasteiger partial charge < -0.3 is 20.9 Å². The molecule has 1 atom stereocenters. The minimum absolute atomic E-state index is 0.0247. The Kier molecular flexibility index (Phi) is 6.84. The number of nitrogens with one attached hydrogen (secondary N) is 3. The van der Waals surface area contributed by atoms with Gasteiger partial charge in [0.1, 0.15) is 0 Å². The van der Waals surface area contributed by atoms with Gasteiger partial charge in [0, 0.05) is 62.8 Å². The summed E-state index contributed by atoms with van der Waals surface area (Å²) >= 11 is 0. The smallest absolute Gasteiger partial charge is 0.251 e. The lowest BCUT2D eigenvalue weighted by Gasteiger charge is -2.36. The third-order valence-electron chi connectivity index (χ3n) is 6.08. The molecule has 0 aromatic heterocycles. The van der Waals surface area contributed by atoms with Crippen molar-refractivity contribution in [3.63, 3.8) is 0 Å². The van der Waals surface area contributed by atoms with Crippen molar-refractivity contribution in [1.82, 2.24) is 15.5 Å². The van der Waals surface area contributed by atoms with E-state index in [0.29, 0.717) is 12.1 Å². The van der Waals surface area contributed by atoms with Gasteiger partial charge in [0.25, 0.3) is 5.91 Å². The highest BCUT2D eigenvalue weighted by Crippen LogP contribution is 2.24. The lowest BCUT2D eigenvalue weighted by Crippen LogP contribution is -2.48. The molecule has 2 saturated heterocycles. The van der Waals surface area contributed by atoms with Crippen LogP contribution in [-0.2, 0) is 4.79 Å². The van der Waals surface area contributed by atoms with Crippen LogP contribution >= 0.6 is 0 Å². The van der Waals surface area contributed by atoms with Gasteiger partial charge in [-0.05, 0) is 54.8 Å². The fourth-order valence-corrected chi connectivity index (χ4v) is 4.41. The topological polar surface area (TPSA) is 76.7 Å². The first-order chi connectivity index (χ1) is 15.1. The van der Waals surface area contributed by atoms with Crippen LogP contribution in [0.15, 0.2) is 48.5 Å². The maximum Gasteiger partial charge on any atom is 0.251 e. The van der Waals surface area contributed by atoms with E-state index >= 15 is 0 Å². The maximum atomic E-state index is 12.8. The highest BCUT2D eigenvalue weighted by molar-refractivity contribution is 5.94. The summed E-state index contributed by atoms with van der Waals surface area (Å²) in [5, 5.41) is 9.11. The van der Waals surface area contributed by atoms with Crippen LogP contribution < -0.4 is 20.9 Å². The van der Waals surface area contributed by atoms with Gasteiger partial charge in [0.2, 0.25) is 5.91 Å². The van der Waals surface area contributed by atoms with Crippen LogP contribution in [0.25, 0.3) is 0 Å². The molecule has 2 aromatic carbocycles. The highest BCUT2D eigenvalue weighted by Gasteiger charge is 2.26. The van der Waals surface area contributed by atoms with Gasteiger partial charge in [0.05, 0.1) is 6.54 Å². The number of benzene rings is 2. The van der Waals surface area contributed by atoms with Crippen molar-refractivity contribution < 1.29 is 9.59 Å². The Morgan fingerprint density at radius 1 is 1.06 bits per heavy atom. The van der Waals surface area contributed by atoms with E-state index in [1.807, 2.05) is 30.3 Å². The number of carbonyl (C=O) groups is 2. The number of rotatable bonds is 6. The van der Waals surface area contributed by atoms with E-state index in [4.69, 9.17) is 0 Å². The van der Waals surface area contributed by atoms with Crippen molar-refractivity contribution in [3.8, 4) is 0 Å². The lowest BCUT2D eigenvalue weighted by molar-refractivity contribution is -0.118. The van der Waals surface area contributed by atoms with Gasteiger partial charge >= 0.3 is 0 Å². The normalized spacial score (nSPS) is 19.3. The molecule has 0 unspecified atom stereocenters. The molecule has 2 amide bonds. The third kappa shape index (κ3) is 5.24. The zero-order valence-electron chi connectivity index (χ0n) is 18.1.